The van der Waals surface area contributed by atoms with Crippen LogP contribution in [0.3, 0.4) is 0 Å². The van der Waals surface area contributed by atoms with Gasteiger partial charge in [0.15, 0.2) is 17.0 Å². The monoisotopic (exact) mass is 246 g/mol. The lowest BCUT2D eigenvalue weighted by Gasteiger charge is -2.31. The van der Waals surface area contributed by atoms with Gasteiger partial charge in [-0.1, -0.05) is 12.1 Å². The molecule has 0 N–H and O–H groups in total. The van der Waals surface area contributed by atoms with Crippen molar-refractivity contribution in [2.45, 2.75) is 33.2 Å². The first-order chi connectivity index (χ1) is 8.79. The van der Waals surface area contributed by atoms with Gasteiger partial charge in [-0.15, -0.1) is 5.10 Å². The maximum atomic E-state index is 4.41. The molecule has 3 rings (SSSR count). The van der Waals surface area contributed by atoms with E-state index in [1.807, 2.05) is 11.6 Å². The van der Waals surface area contributed by atoms with Crippen LogP contribution in [0.1, 0.15) is 26.7 Å². The van der Waals surface area contributed by atoms with Crippen LogP contribution >= 0.6 is 0 Å². The highest BCUT2D eigenvalue weighted by atomic mass is 15.4. The average molecular weight is 246 g/mol. The summed E-state index contributed by atoms with van der Waals surface area (Å²) in [5.41, 5.74) is 1.66. The van der Waals surface area contributed by atoms with E-state index in [2.05, 4.69) is 32.1 Å². The van der Waals surface area contributed by atoms with Gasteiger partial charge in [-0.25, -0.2) is 14.6 Å². The SMILES string of the molecule is CCn1nnc2c(N3CCC[C@H](C)C3)ncnc21. The lowest BCUT2D eigenvalue weighted by atomic mass is 10.0. The summed E-state index contributed by atoms with van der Waals surface area (Å²) in [5, 5.41) is 8.36. The number of aromatic nitrogens is 5. The molecule has 0 bridgehead atoms. The van der Waals surface area contributed by atoms with Gasteiger partial charge in [-0.3, -0.25) is 0 Å². The summed E-state index contributed by atoms with van der Waals surface area (Å²) in [6.45, 7) is 7.20. The molecule has 2 aromatic heterocycles. The van der Waals surface area contributed by atoms with Crippen molar-refractivity contribution in [2.75, 3.05) is 18.0 Å². The van der Waals surface area contributed by atoms with Crippen LogP contribution < -0.4 is 4.90 Å². The normalized spacial score (nSPS) is 20.6. The molecule has 96 valence electrons. The standard InChI is InChI=1S/C12H18N6/c1-3-18-12-10(15-16-18)11(13-8-14-12)17-6-4-5-9(2)7-17/h8-9H,3-7H2,1-2H3/t9-/m0/s1. The Labute approximate surface area is 106 Å². The van der Waals surface area contributed by atoms with Crippen molar-refractivity contribution in [3.8, 4) is 0 Å². The van der Waals surface area contributed by atoms with E-state index >= 15 is 0 Å². The molecule has 1 aliphatic rings. The molecule has 2 aromatic rings. The largest absolute Gasteiger partial charge is 0.354 e. The molecule has 18 heavy (non-hydrogen) atoms. The van der Waals surface area contributed by atoms with Crippen molar-refractivity contribution in [2.24, 2.45) is 5.92 Å². The van der Waals surface area contributed by atoms with Crippen LogP contribution in [0.4, 0.5) is 5.82 Å². The van der Waals surface area contributed by atoms with Crippen LogP contribution in [0.25, 0.3) is 11.2 Å². The molecule has 0 amide bonds. The van der Waals surface area contributed by atoms with Crippen LogP contribution in [0.15, 0.2) is 6.33 Å². The molecule has 1 aliphatic heterocycles. The van der Waals surface area contributed by atoms with E-state index in [9.17, 15) is 0 Å². The Kier molecular flexibility index (Phi) is 2.85. The van der Waals surface area contributed by atoms with Gasteiger partial charge < -0.3 is 4.90 Å². The van der Waals surface area contributed by atoms with Crippen molar-refractivity contribution < 1.29 is 0 Å². The molecule has 0 aromatic carbocycles. The highest BCUT2D eigenvalue weighted by molar-refractivity contribution is 5.82. The van der Waals surface area contributed by atoms with E-state index in [0.29, 0.717) is 5.92 Å². The molecule has 0 spiro atoms. The van der Waals surface area contributed by atoms with Gasteiger partial charge in [-0.05, 0) is 25.7 Å². The summed E-state index contributed by atoms with van der Waals surface area (Å²) in [6.07, 6.45) is 4.13. The number of aryl methyl sites for hydroxylation is 1. The molecule has 0 saturated carbocycles. The second-order valence-electron chi connectivity index (χ2n) is 4.97. The number of piperidine rings is 1. The zero-order valence-corrected chi connectivity index (χ0v) is 10.9. The summed E-state index contributed by atoms with van der Waals surface area (Å²) < 4.78 is 1.81. The molecule has 6 nitrogen and oxygen atoms in total. The van der Waals surface area contributed by atoms with Gasteiger partial charge in [-0.2, -0.15) is 0 Å². The Morgan fingerprint density at radius 1 is 1.39 bits per heavy atom. The highest BCUT2D eigenvalue weighted by Gasteiger charge is 2.21. The summed E-state index contributed by atoms with van der Waals surface area (Å²) in [7, 11) is 0. The summed E-state index contributed by atoms with van der Waals surface area (Å²) in [4.78, 5) is 11.0. The zero-order chi connectivity index (χ0) is 12.5. The number of rotatable bonds is 2. The number of hydrogen-bond acceptors (Lipinski definition) is 5. The fraction of sp³-hybridized carbons (Fsp3) is 0.667. The van der Waals surface area contributed by atoms with Crippen molar-refractivity contribution in [3.63, 3.8) is 0 Å². The Balaban J connectivity index is 2.03. The van der Waals surface area contributed by atoms with E-state index in [1.165, 1.54) is 12.8 Å². The van der Waals surface area contributed by atoms with Crippen LogP contribution in [0, 0.1) is 5.92 Å². The van der Waals surface area contributed by atoms with Crippen molar-refractivity contribution in [1.82, 2.24) is 25.0 Å². The molecule has 1 atom stereocenters. The summed E-state index contributed by atoms with van der Waals surface area (Å²) in [5.74, 6) is 1.65. The third-order valence-corrected chi connectivity index (χ3v) is 3.54. The van der Waals surface area contributed by atoms with Crippen LogP contribution in [0.2, 0.25) is 0 Å². The van der Waals surface area contributed by atoms with Gasteiger partial charge in [0.25, 0.3) is 0 Å². The first-order valence-corrected chi connectivity index (χ1v) is 6.58. The van der Waals surface area contributed by atoms with Gasteiger partial charge in [0.1, 0.15) is 6.33 Å². The predicted molar refractivity (Wildman–Crippen MR) is 69.4 cm³/mol. The third kappa shape index (κ3) is 1.81. The summed E-state index contributed by atoms with van der Waals surface area (Å²) >= 11 is 0. The zero-order valence-electron chi connectivity index (χ0n) is 10.9. The highest BCUT2D eigenvalue weighted by Crippen LogP contribution is 2.25. The van der Waals surface area contributed by atoms with Gasteiger partial charge in [0.2, 0.25) is 0 Å². The Bertz CT molecular complexity index is 548. The lowest BCUT2D eigenvalue weighted by molar-refractivity contribution is 0.445. The third-order valence-electron chi connectivity index (χ3n) is 3.54. The number of fused-ring (bicyclic) bond motifs is 1. The average Bonchev–Trinajstić information content (AvgIpc) is 2.81. The van der Waals surface area contributed by atoms with Crippen LogP contribution in [-0.2, 0) is 6.54 Å². The quantitative estimate of drug-likeness (QED) is 0.803. The molecule has 0 unspecified atom stereocenters. The topological polar surface area (TPSA) is 59.7 Å². The van der Waals surface area contributed by atoms with Gasteiger partial charge in [0.05, 0.1) is 0 Å². The van der Waals surface area contributed by atoms with E-state index in [0.717, 1.165) is 36.6 Å². The molecular formula is C12H18N6. The van der Waals surface area contributed by atoms with Crippen LogP contribution in [-0.4, -0.2) is 38.1 Å². The minimum absolute atomic E-state index is 0.713. The van der Waals surface area contributed by atoms with E-state index < -0.39 is 0 Å². The van der Waals surface area contributed by atoms with Crippen LogP contribution in [0.5, 0.6) is 0 Å². The maximum absolute atomic E-state index is 4.41. The fourth-order valence-electron chi connectivity index (χ4n) is 2.61. The fourth-order valence-corrected chi connectivity index (χ4v) is 2.61. The minimum Gasteiger partial charge on any atom is -0.354 e. The van der Waals surface area contributed by atoms with E-state index in [-0.39, 0.29) is 0 Å². The smallest absolute Gasteiger partial charge is 0.183 e. The lowest BCUT2D eigenvalue weighted by Crippen LogP contribution is -2.35. The molecular weight excluding hydrogens is 228 g/mol. The maximum Gasteiger partial charge on any atom is 0.183 e. The molecule has 0 radical (unpaired) electrons. The molecule has 3 heterocycles. The number of anilines is 1. The second kappa shape index (κ2) is 4.51. The van der Waals surface area contributed by atoms with Gasteiger partial charge >= 0.3 is 0 Å². The number of nitrogens with zero attached hydrogens (tertiary/aromatic N) is 6. The minimum atomic E-state index is 0.713. The molecule has 6 heteroatoms. The second-order valence-corrected chi connectivity index (χ2v) is 4.97. The van der Waals surface area contributed by atoms with Gasteiger partial charge in [0, 0.05) is 19.6 Å². The molecule has 1 saturated heterocycles. The number of hydrogen-bond donors (Lipinski definition) is 0. The Morgan fingerprint density at radius 2 is 2.28 bits per heavy atom. The predicted octanol–water partition coefficient (Wildman–Crippen LogP) is 1.48. The van der Waals surface area contributed by atoms with E-state index in [1.54, 1.807) is 6.33 Å². The Hall–Kier alpha value is -1.72. The van der Waals surface area contributed by atoms with Crippen molar-refractivity contribution >= 4 is 17.0 Å². The Morgan fingerprint density at radius 3 is 3.06 bits per heavy atom. The van der Waals surface area contributed by atoms with E-state index in [4.69, 9.17) is 0 Å². The van der Waals surface area contributed by atoms with Crippen molar-refractivity contribution in [3.05, 3.63) is 6.33 Å². The first kappa shape index (κ1) is 11.4. The summed E-state index contributed by atoms with van der Waals surface area (Å²) in [6, 6.07) is 0. The molecule has 0 aliphatic carbocycles. The first-order valence-electron chi connectivity index (χ1n) is 6.58. The van der Waals surface area contributed by atoms with Crippen molar-refractivity contribution in [1.29, 1.82) is 0 Å². The molecule has 1 fully saturated rings.